The van der Waals surface area contributed by atoms with Crippen LogP contribution in [0.5, 0.6) is 5.75 Å². The lowest BCUT2D eigenvalue weighted by molar-refractivity contribution is 0.0702. The fourth-order valence-corrected chi connectivity index (χ4v) is 28.8. The summed E-state index contributed by atoms with van der Waals surface area (Å²) in [7, 11) is -5.01. The van der Waals surface area contributed by atoms with E-state index in [0.29, 0.717) is 46.2 Å². The molecule has 0 amide bonds. The fraction of sp³-hybridized carbons (Fsp3) is 0.370. The van der Waals surface area contributed by atoms with Gasteiger partial charge in [-0.05, 0) is 199 Å². The van der Waals surface area contributed by atoms with Crippen LogP contribution < -0.4 is 25.5 Å². The highest BCUT2D eigenvalue weighted by molar-refractivity contribution is 8.05. The van der Waals surface area contributed by atoms with Crippen molar-refractivity contribution in [2.24, 2.45) is 0 Å². The van der Waals surface area contributed by atoms with Gasteiger partial charge in [0.2, 0.25) is 5.82 Å². The lowest BCUT2D eigenvalue weighted by Gasteiger charge is -2.30. The molecule has 0 saturated heterocycles. The van der Waals surface area contributed by atoms with Crippen molar-refractivity contribution in [2.45, 2.75) is 134 Å². The highest BCUT2D eigenvalue weighted by Crippen LogP contribution is 2.48. The van der Waals surface area contributed by atoms with Gasteiger partial charge >= 0.3 is 44.0 Å². The maximum atomic E-state index is 13.7. The number of hydrogen-bond acceptors (Lipinski definition) is 19. The maximum absolute atomic E-state index is 13.7. The smallest absolute Gasteiger partial charge is 0.494 e. The molecule has 0 spiro atoms. The monoisotopic (exact) mass is 1820 g/mol. The maximum Gasteiger partial charge on any atom is 0.537 e. The summed E-state index contributed by atoms with van der Waals surface area (Å²) in [6.45, 7) is 28.9. The van der Waals surface area contributed by atoms with Crippen LogP contribution in [-0.4, -0.2) is 169 Å². The van der Waals surface area contributed by atoms with Crippen LogP contribution in [0.15, 0.2) is 220 Å². The van der Waals surface area contributed by atoms with Gasteiger partial charge in [-0.1, -0.05) is 187 Å². The molecule has 1 aliphatic rings. The van der Waals surface area contributed by atoms with E-state index in [-0.39, 0.29) is 25.9 Å². The topological polar surface area (TPSA) is 157 Å². The molecule has 0 N–H and O–H groups in total. The molecule has 11 aromatic rings. The van der Waals surface area contributed by atoms with Gasteiger partial charge < -0.3 is 75.6 Å². The Kier molecular flexibility index (Phi) is 44.0. The molecule has 0 radical (unpaired) electrons. The van der Waals surface area contributed by atoms with Crippen molar-refractivity contribution in [2.75, 3.05) is 115 Å². The van der Waals surface area contributed by atoms with Crippen molar-refractivity contribution in [3.8, 4) is 5.75 Å². The molecular weight excluding hydrogens is 1700 g/mol. The lowest BCUT2D eigenvalue weighted by Crippen LogP contribution is -2.57. The standard InChI is InChI=1S/C23H30O3Si.C20H24O3Si.C14H19F5O3Si.C14H14OS2Si.C11H18O4Si.C10H16O3Si/c1-4-24-27(25-5-2,26-6-3)17-11-13-20-18-19-12-7-8-14-21(19)23-16-10-9-15-22(20)23;1-4-21-24(22-5-2,23-6-3)20-15-16-11-7-8-12-17(16)18-13-9-10-14-19(18)20;1-4-20-23(21-5-2,22-6-3)8-7-9-10(15)12(17)14(19)13(18)11(9)16;1-2-15-18-10-7-8-13-14(9-10)17-12-6-4-3-5-11(12)16-13;1-5-15-10-6-8-11(9-7-10)16(12-2,13-3)14-4;1-9-5-7-10(8-6-9)14(11-2,12-3)13-4/h7-10,12,14-16,18H,4-6,11,13,17H2,1-3H3;7-15H,4-6H2,1-3H3;4-8H2,1-3H3;3-9H,2,18H2,1H3;6-9H,5H2,1-4H3;5-8H,1-4H3. The number of benzene rings is 11. The molecule has 11 aromatic carbocycles. The summed E-state index contributed by atoms with van der Waals surface area (Å²) in [5.74, 6) is -8.95. The summed E-state index contributed by atoms with van der Waals surface area (Å²) in [4.78, 5) is 5.48. The van der Waals surface area contributed by atoms with Crippen LogP contribution in [0.25, 0.3) is 43.1 Å². The molecule has 662 valence electrons. The second kappa shape index (κ2) is 52.4. The van der Waals surface area contributed by atoms with Crippen LogP contribution in [0.1, 0.15) is 99.3 Å². The van der Waals surface area contributed by atoms with Crippen molar-refractivity contribution in [3.05, 3.63) is 246 Å². The molecule has 122 heavy (non-hydrogen) atoms. The Morgan fingerprint density at radius 2 is 0.697 bits per heavy atom. The fourth-order valence-electron chi connectivity index (χ4n) is 14.0. The van der Waals surface area contributed by atoms with Crippen LogP contribution in [0.3, 0.4) is 0 Å². The molecule has 0 atom stereocenters. The molecule has 0 saturated carbocycles. The Labute approximate surface area is 734 Å². The summed E-state index contributed by atoms with van der Waals surface area (Å²) in [6, 6.07) is 70.4. The zero-order valence-electron chi connectivity index (χ0n) is 73.7. The van der Waals surface area contributed by atoms with E-state index in [9.17, 15) is 22.0 Å². The summed E-state index contributed by atoms with van der Waals surface area (Å²) in [5, 5.41) is 14.4. The number of ether oxygens (including phenoxy) is 1. The molecule has 0 fully saturated rings. The van der Waals surface area contributed by atoms with E-state index < -0.39 is 94.9 Å². The highest BCUT2D eigenvalue weighted by Gasteiger charge is 2.46. The molecule has 0 bridgehead atoms. The van der Waals surface area contributed by atoms with Crippen molar-refractivity contribution in [3.63, 3.8) is 0 Å². The minimum absolute atomic E-state index is 0.0964. The zero-order valence-corrected chi connectivity index (χ0v) is 81.8. The Morgan fingerprint density at radius 1 is 0.320 bits per heavy atom. The Balaban J connectivity index is 0.000000204. The molecule has 17 nitrogen and oxygen atoms in total. The van der Waals surface area contributed by atoms with Gasteiger partial charge in [0, 0.05) is 162 Å². The van der Waals surface area contributed by atoms with E-state index >= 15 is 0 Å². The van der Waals surface area contributed by atoms with E-state index in [4.69, 9.17) is 75.6 Å². The van der Waals surface area contributed by atoms with Gasteiger partial charge in [-0.3, -0.25) is 0 Å². The van der Waals surface area contributed by atoms with Crippen molar-refractivity contribution >= 4 is 141 Å². The van der Waals surface area contributed by atoms with Gasteiger partial charge in [-0.15, -0.1) is 0 Å². The van der Waals surface area contributed by atoms with E-state index in [1.807, 2.05) is 127 Å². The van der Waals surface area contributed by atoms with Crippen LogP contribution in [0, 0.1) is 36.0 Å². The summed E-state index contributed by atoms with van der Waals surface area (Å²) < 4.78 is 163. The quantitative estimate of drug-likeness (QED) is 0.0118. The molecular formula is C92H121F5O17S2Si6. The van der Waals surface area contributed by atoms with Crippen molar-refractivity contribution < 1.29 is 97.5 Å². The van der Waals surface area contributed by atoms with Gasteiger partial charge in [0.15, 0.2) is 33.0 Å². The SMILES string of the molecule is CCO[SiH2]c1ccc2c(c1)Sc1ccccc1S2.CCO[Si](CCCc1cc2ccccc2c2ccccc12)(OCC)OCC.CCO[Si](CCc1c(F)c(F)c(F)c(F)c1F)(OCC)OCC.CCO[Si](OCC)(OCC)c1cc2ccccc2c2ccccc12.CCOc1ccc([Si](OC)(OC)OC)cc1.CO[Si](OC)(OC)c1ccc(C)cc1. The van der Waals surface area contributed by atoms with E-state index in [2.05, 4.69) is 159 Å². The van der Waals surface area contributed by atoms with Crippen LogP contribution in [-0.2, 0) is 83.7 Å². The van der Waals surface area contributed by atoms with E-state index in [0.717, 1.165) is 52.2 Å². The molecule has 0 aliphatic carbocycles. The predicted molar refractivity (Wildman–Crippen MR) is 495 cm³/mol. The number of fused-ring (bicyclic) bond motifs is 8. The minimum Gasteiger partial charge on any atom is -0.494 e. The van der Waals surface area contributed by atoms with Gasteiger partial charge in [-0.2, -0.15) is 0 Å². The first kappa shape index (κ1) is 102. The van der Waals surface area contributed by atoms with Crippen LogP contribution in [0.4, 0.5) is 22.0 Å². The first-order chi connectivity index (χ1) is 59.1. The molecule has 12 rings (SSSR count). The Hall–Kier alpha value is -6.73. The summed E-state index contributed by atoms with van der Waals surface area (Å²) in [6.07, 6.45) is 1.54. The second-order valence-electron chi connectivity index (χ2n) is 26.9. The van der Waals surface area contributed by atoms with Crippen molar-refractivity contribution in [1.82, 2.24) is 0 Å². The highest BCUT2D eigenvalue weighted by atomic mass is 32.2. The van der Waals surface area contributed by atoms with Gasteiger partial charge in [-0.25, -0.2) is 22.0 Å². The molecule has 1 heterocycles. The average Bonchev–Trinajstić information content (AvgIpc) is 0.749. The molecule has 0 unspecified atom stereocenters. The first-order valence-corrected chi connectivity index (χ1v) is 53.4. The average molecular weight is 1830 g/mol. The molecule has 0 aromatic heterocycles. The first-order valence-electron chi connectivity index (χ1n) is 41.4. The van der Waals surface area contributed by atoms with Crippen LogP contribution >= 0.6 is 23.5 Å². The Bertz CT molecular complexity index is 4870. The number of rotatable bonds is 39. The van der Waals surface area contributed by atoms with Crippen molar-refractivity contribution in [1.29, 1.82) is 0 Å². The third-order valence-electron chi connectivity index (χ3n) is 19.4. The van der Waals surface area contributed by atoms with Gasteiger partial charge in [0.1, 0.15) is 5.75 Å². The largest absolute Gasteiger partial charge is 0.537 e. The molecule has 1 aliphatic heterocycles. The Morgan fingerprint density at radius 3 is 1.14 bits per heavy atom. The minimum atomic E-state index is -3.24. The lowest BCUT2D eigenvalue weighted by atomic mass is 9.95. The van der Waals surface area contributed by atoms with E-state index in [1.165, 1.54) is 73.6 Å². The van der Waals surface area contributed by atoms with Crippen LogP contribution in [0.2, 0.25) is 12.1 Å². The summed E-state index contributed by atoms with van der Waals surface area (Å²) in [5.41, 5.74) is 1.70. The number of aryl methyl sites for hydroxylation is 2. The van der Waals surface area contributed by atoms with E-state index in [1.54, 1.807) is 63.4 Å². The predicted octanol–water partition coefficient (Wildman–Crippen LogP) is 19.5. The third-order valence-corrected chi connectivity index (χ3v) is 37.9. The molecule has 30 heteroatoms. The normalized spacial score (nSPS) is 12.2. The summed E-state index contributed by atoms with van der Waals surface area (Å²) >= 11 is 3.74. The van der Waals surface area contributed by atoms with Gasteiger partial charge in [0.25, 0.3) is 0 Å². The van der Waals surface area contributed by atoms with Gasteiger partial charge in [0.05, 0.1) is 6.61 Å². The zero-order chi connectivity index (χ0) is 88.7. The third kappa shape index (κ3) is 27.2. The number of halogens is 5. The second-order valence-corrected chi connectivity index (χ2v) is 44.4. The number of hydrogen-bond donors (Lipinski definition) is 0.